The van der Waals surface area contributed by atoms with Crippen molar-refractivity contribution in [2.24, 2.45) is 7.05 Å². The minimum Gasteiger partial charge on any atom is -0.352 e. The quantitative estimate of drug-likeness (QED) is 0.349. The molecule has 3 aromatic heterocycles. The third-order valence-corrected chi connectivity index (χ3v) is 6.68. The number of amides is 1. The van der Waals surface area contributed by atoms with E-state index in [9.17, 15) is 4.79 Å². The van der Waals surface area contributed by atoms with Gasteiger partial charge in [0.25, 0.3) is 5.91 Å². The number of benzene rings is 2. The Morgan fingerprint density at radius 3 is 2.81 bits per heavy atom. The van der Waals surface area contributed by atoms with E-state index in [2.05, 4.69) is 38.6 Å². The maximum atomic E-state index is 12.9. The summed E-state index contributed by atoms with van der Waals surface area (Å²) in [6.45, 7) is 2.89. The van der Waals surface area contributed by atoms with Crippen LogP contribution < -0.4 is 10.2 Å². The second-order valence-corrected chi connectivity index (χ2v) is 9.32. The molecule has 0 bridgehead atoms. The number of imidazole rings is 1. The van der Waals surface area contributed by atoms with Crippen molar-refractivity contribution in [3.63, 3.8) is 0 Å². The van der Waals surface area contributed by atoms with E-state index in [1.54, 1.807) is 12.5 Å². The molecule has 0 spiro atoms. The first-order valence-electron chi connectivity index (χ1n) is 12.5. The van der Waals surface area contributed by atoms with Crippen LogP contribution in [0.4, 0.5) is 5.82 Å². The summed E-state index contributed by atoms with van der Waals surface area (Å²) in [6.07, 6.45) is 9.27. The molecular weight excluding hydrogens is 464 g/mol. The van der Waals surface area contributed by atoms with Gasteiger partial charge in [0.1, 0.15) is 5.69 Å². The largest absolute Gasteiger partial charge is 0.352 e. The van der Waals surface area contributed by atoms with Crippen molar-refractivity contribution in [1.82, 2.24) is 34.6 Å². The number of nitrogens with zero attached hydrogens (tertiary/aromatic N) is 7. The molecule has 0 radical (unpaired) electrons. The Kier molecular flexibility index (Phi) is 6.10. The highest BCUT2D eigenvalue weighted by Crippen LogP contribution is 2.32. The minimum absolute atomic E-state index is 0.112. The lowest BCUT2D eigenvalue weighted by molar-refractivity contribution is 0.0953. The van der Waals surface area contributed by atoms with E-state index >= 15 is 0 Å². The predicted molar refractivity (Wildman–Crippen MR) is 142 cm³/mol. The fourth-order valence-corrected chi connectivity index (χ4v) is 4.80. The van der Waals surface area contributed by atoms with E-state index in [0.29, 0.717) is 24.2 Å². The molecule has 37 heavy (non-hydrogen) atoms. The molecular formula is C28H28N8O. The normalized spacial score (nSPS) is 13.1. The molecule has 5 aromatic rings. The molecule has 0 aliphatic carbocycles. The first-order chi connectivity index (χ1) is 18.1. The van der Waals surface area contributed by atoms with Gasteiger partial charge in [-0.25, -0.2) is 15.0 Å². The van der Waals surface area contributed by atoms with Crippen LogP contribution in [0.25, 0.3) is 22.3 Å². The Bertz CT molecular complexity index is 1540. The van der Waals surface area contributed by atoms with Crippen molar-refractivity contribution < 1.29 is 4.79 Å². The molecule has 2 aromatic carbocycles. The molecule has 186 valence electrons. The molecule has 0 saturated carbocycles. The lowest BCUT2D eigenvalue weighted by Gasteiger charge is -2.28. The molecule has 9 nitrogen and oxygen atoms in total. The van der Waals surface area contributed by atoms with Gasteiger partial charge in [-0.1, -0.05) is 30.3 Å². The van der Waals surface area contributed by atoms with Crippen LogP contribution >= 0.6 is 0 Å². The van der Waals surface area contributed by atoms with Crippen molar-refractivity contribution in [2.45, 2.75) is 25.9 Å². The number of aromatic nitrogens is 6. The van der Waals surface area contributed by atoms with Gasteiger partial charge in [-0.15, -0.1) is 0 Å². The second-order valence-electron chi connectivity index (χ2n) is 9.32. The van der Waals surface area contributed by atoms with Crippen LogP contribution in [-0.2, 0) is 26.6 Å². The summed E-state index contributed by atoms with van der Waals surface area (Å²) in [7, 11) is 1.96. The lowest BCUT2D eigenvalue weighted by atomic mass is 10.1. The summed E-state index contributed by atoms with van der Waals surface area (Å²) in [4.78, 5) is 29.2. The summed E-state index contributed by atoms with van der Waals surface area (Å²) in [6, 6.07) is 15.7. The average Bonchev–Trinajstić information content (AvgIpc) is 3.58. The number of aryl methyl sites for hydroxylation is 2. The summed E-state index contributed by atoms with van der Waals surface area (Å²) < 4.78 is 3.87. The zero-order valence-corrected chi connectivity index (χ0v) is 20.7. The molecule has 0 atom stereocenters. The fraction of sp³-hybridized carbons (Fsp3) is 0.250. The summed E-state index contributed by atoms with van der Waals surface area (Å²) in [5.41, 5.74) is 6.23. The Morgan fingerprint density at radius 1 is 1.08 bits per heavy atom. The molecule has 1 aliphatic heterocycles. The van der Waals surface area contributed by atoms with Crippen LogP contribution in [-0.4, -0.2) is 48.3 Å². The SMILES string of the molecule is Cn1cc2c(n1)CN(c1nc3cc(C(=O)NCCCn4ccnc4)ccc3nc1-c1ccccc1)CC2. The van der Waals surface area contributed by atoms with Crippen LogP contribution in [0.5, 0.6) is 0 Å². The third-order valence-electron chi connectivity index (χ3n) is 6.68. The Hall–Kier alpha value is -4.53. The number of hydrogen-bond acceptors (Lipinski definition) is 6. The van der Waals surface area contributed by atoms with E-state index < -0.39 is 0 Å². The second kappa shape index (κ2) is 9.85. The Balaban J connectivity index is 1.29. The molecule has 1 aliphatic rings. The fourth-order valence-electron chi connectivity index (χ4n) is 4.80. The maximum Gasteiger partial charge on any atom is 0.251 e. The molecule has 0 saturated heterocycles. The highest BCUT2D eigenvalue weighted by molar-refractivity contribution is 5.97. The van der Waals surface area contributed by atoms with Gasteiger partial charge < -0.3 is 14.8 Å². The topological polar surface area (TPSA) is 93.8 Å². The average molecular weight is 493 g/mol. The third kappa shape index (κ3) is 4.80. The highest BCUT2D eigenvalue weighted by atomic mass is 16.1. The zero-order valence-electron chi connectivity index (χ0n) is 20.7. The van der Waals surface area contributed by atoms with E-state index in [4.69, 9.17) is 9.97 Å². The van der Waals surface area contributed by atoms with Gasteiger partial charge in [-0.2, -0.15) is 5.10 Å². The van der Waals surface area contributed by atoms with E-state index in [-0.39, 0.29) is 5.91 Å². The van der Waals surface area contributed by atoms with Crippen LogP contribution in [0.1, 0.15) is 28.0 Å². The summed E-state index contributed by atoms with van der Waals surface area (Å²) in [5.74, 6) is 0.701. The van der Waals surface area contributed by atoms with Crippen molar-refractivity contribution in [3.05, 3.63) is 90.3 Å². The van der Waals surface area contributed by atoms with Gasteiger partial charge >= 0.3 is 0 Å². The van der Waals surface area contributed by atoms with Crippen molar-refractivity contribution in [2.75, 3.05) is 18.0 Å². The molecule has 1 N–H and O–H groups in total. The summed E-state index contributed by atoms with van der Waals surface area (Å²) in [5, 5.41) is 7.66. The van der Waals surface area contributed by atoms with Crippen LogP contribution in [0.3, 0.4) is 0 Å². The lowest BCUT2D eigenvalue weighted by Crippen LogP contribution is -2.31. The van der Waals surface area contributed by atoms with Gasteiger partial charge in [0.2, 0.25) is 0 Å². The van der Waals surface area contributed by atoms with Crippen LogP contribution in [0.2, 0.25) is 0 Å². The number of hydrogen-bond donors (Lipinski definition) is 1. The monoisotopic (exact) mass is 492 g/mol. The number of anilines is 1. The molecule has 1 amide bonds. The predicted octanol–water partition coefficient (Wildman–Crippen LogP) is 3.61. The molecule has 9 heteroatoms. The van der Waals surface area contributed by atoms with Crippen LogP contribution in [0.15, 0.2) is 73.4 Å². The Morgan fingerprint density at radius 2 is 1.97 bits per heavy atom. The molecule has 0 fully saturated rings. The van der Waals surface area contributed by atoms with E-state index in [1.165, 1.54) is 5.56 Å². The molecule has 0 unspecified atom stereocenters. The van der Waals surface area contributed by atoms with Crippen molar-refractivity contribution >= 4 is 22.8 Å². The number of carbonyl (C=O) groups excluding carboxylic acids is 1. The smallest absolute Gasteiger partial charge is 0.251 e. The number of nitrogens with one attached hydrogen (secondary N) is 1. The first-order valence-corrected chi connectivity index (χ1v) is 12.5. The van der Waals surface area contributed by atoms with Crippen molar-refractivity contribution in [3.8, 4) is 11.3 Å². The van der Waals surface area contributed by atoms with Gasteiger partial charge in [-0.05, 0) is 36.6 Å². The number of fused-ring (bicyclic) bond motifs is 2. The van der Waals surface area contributed by atoms with Gasteiger partial charge in [0, 0.05) is 56.4 Å². The number of rotatable bonds is 7. The molecule has 6 rings (SSSR count). The minimum atomic E-state index is -0.112. The van der Waals surface area contributed by atoms with Gasteiger partial charge in [-0.3, -0.25) is 9.48 Å². The van der Waals surface area contributed by atoms with E-state index in [1.807, 2.05) is 58.9 Å². The highest BCUT2D eigenvalue weighted by Gasteiger charge is 2.24. The first kappa shape index (κ1) is 22.9. The van der Waals surface area contributed by atoms with E-state index in [0.717, 1.165) is 54.2 Å². The number of carbonyl (C=O) groups is 1. The summed E-state index contributed by atoms with van der Waals surface area (Å²) >= 11 is 0. The Labute approximate surface area is 214 Å². The standard InChI is InChI=1S/C28H28N8O/c1-34-17-22-10-14-36(18-25(22)33-34)27-26(20-6-3-2-4-7-20)31-23-9-8-21(16-24(23)32-27)28(37)30-11-5-13-35-15-12-29-19-35/h2-4,6-9,12,15-17,19H,5,10-11,13-14,18H2,1H3,(H,30,37). The molecule has 4 heterocycles. The van der Waals surface area contributed by atoms with Gasteiger partial charge in [0.15, 0.2) is 5.82 Å². The van der Waals surface area contributed by atoms with Gasteiger partial charge in [0.05, 0.1) is 29.6 Å². The zero-order chi connectivity index (χ0) is 25.2. The maximum absolute atomic E-state index is 12.9. The van der Waals surface area contributed by atoms with Crippen molar-refractivity contribution in [1.29, 1.82) is 0 Å². The van der Waals surface area contributed by atoms with Crippen LogP contribution in [0, 0.1) is 0 Å².